The number of amides is 1. The van der Waals surface area contributed by atoms with E-state index in [1.807, 2.05) is 11.9 Å². The number of likely N-dealkylation sites (tertiary alicyclic amines) is 1. The van der Waals surface area contributed by atoms with Gasteiger partial charge in [-0.05, 0) is 26.7 Å². The molecule has 0 N–H and O–H groups in total. The van der Waals surface area contributed by atoms with Crippen molar-refractivity contribution in [2.24, 2.45) is 0 Å². The van der Waals surface area contributed by atoms with Gasteiger partial charge in [-0.25, -0.2) is 0 Å². The van der Waals surface area contributed by atoms with Crippen molar-refractivity contribution in [1.82, 2.24) is 9.80 Å². The van der Waals surface area contributed by atoms with Gasteiger partial charge in [-0.2, -0.15) is 0 Å². The number of rotatable bonds is 6. The molecule has 0 radical (unpaired) electrons. The molecule has 1 aromatic rings. The maximum absolute atomic E-state index is 13.0. The number of carbonyl (C=O) groups excluding carboxylic acids is 1. The first-order valence-corrected chi connectivity index (χ1v) is 8.74. The van der Waals surface area contributed by atoms with Crippen LogP contribution in [0, 0.1) is 0 Å². The summed E-state index contributed by atoms with van der Waals surface area (Å²) in [6, 6.07) is 4.18. The summed E-state index contributed by atoms with van der Waals surface area (Å²) in [6.45, 7) is 6.46. The zero-order valence-corrected chi connectivity index (χ0v) is 16.2. The minimum Gasteiger partial charge on any atom is -0.496 e. The molecule has 0 unspecified atom stereocenters. The quantitative estimate of drug-likeness (QED) is 0.789. The van der Waals surface area contributed by atoms with E-state index in [9.17, 15) is 4.79 Å². The van der Waals surface area contributed by atoms with Crippen LogP contribution in [0.15, 0.2) is 12.1 Å². The second kappa shape index (κ2) is 8.43. The number of ether oxygens (including phenoxy) is 3. The molecule has 1 amide bonds. The summed E-state index contributed by atoms with van der Waals surface area (Å²) < 4.78 is 16.0. The molecule has 1 fully saturated rings. The van der Waals surface area contributed by atoms with E-state index >= 15 is 0 Å². The summed E-state index contributed by atoms with van der Waals surface area (Å²) >= 11 is 0. The van der Waals surface area contributed by atoms with Crippen LogP contribution >= 0.6 is 0 Å². The minimum atomic E-state index is -0.0548. The van der Waals surface area contributed by atoms with Gasteiger partial charge in [0.25, 0.3) is 5.91 Å². The summed E-state index contributed by atoms with van der Waals surface area (Å²) in [5.41, 5.74) is 0.494. The molecule has 1 heterocycles. The largest absolute Gasteiger partial charge is 0.496 e. The van der Waals surface area contributed by atoms with Crippen molar-refractivity contribution >= 4 is 5.91 Å². The molecule has 0 saturated carbocycles. The summed E-state index contributed by atoms with van der Waals surface area (Å²) in [5.74, 6) is 1.51. The van der Waals surface area contributed by atoms with Crippen molar-refractivity contribution in [3.8, 4) is 17.2 Å². The SMILES string of the molecule is COc1cc(OC)c(C(=O)N(C)C2CCN(C(C)C)CC2)cc1OC. The first-order valence-electron chi connectivity index (χ1n) is 8.74. The molecular formula is C19H30N2O4. The van der Waals surface area contributed by atoms with E-state index in [0.717, 1.165) is 25.9 Å². The zero-order chi connectivity index (χ0) is 18.6. The third kappa shape index (κ3) is 4.18. The van der Waals surface area contributed by atoms with Gasteiger partial charge < -0.3 is 24.0 Å². The van der Waals surface area contributed by atoms with Gasteiger partial charge in [-0.15, -0.1) is 0 Å². The van der Waals surface area contributed by atoms with Crippen molar-refractivity contribution < 1.29 is 19.0 Å². The van der Waals surface area contributed by atoms with E-state index in [0.29, 0.717) is 28.9 Å². The smallest absolute Gasteiger partial charge is 0.257 e. The predicted molar refractivity (Wildman–Crippen MR) is 97.9 cm³/mol. The third-order valence-electron chi connectivity index (χ3n) is 5.03. The molecule has 6 nitrogen and oxygen atoms in total. The van der Waals surface area contributed by atoms with Crippen LogP contribution in [-0.2, 0) is 0 Å². The van der Waals surface area contributed by atoms with Gasteiger partial charge in [0.2, 0.25) is 0 Å². The lowest BCUT2D eigenvalue weighted by Crippen LogP contribution is -2.47. The monoisotopic (exact) mass is 350 g/mol. The van der Waals surface area contributed by atoms with E-state index < -0.39 is 0 Å². The highest BCUT2D eigenvalue weighted by molar-refractivity contribution is 5.97. The van der Waals surface area contributed by atoms with Gasteiger partial charge in [0.15, 0.2) is 11.5 Å². The predicted octanol–water partition coefficient (Wildman–Crippen LogP) is 2.66. The molecule has 0 bridgehead atoms. The minimum absolute atomic E-state index is 0.0548. The Morgan fingerprint density at radius 1 is 1.04 bits per heavy atom. The Hall–Kier alpha value is -1.95. The summed E-state index contributed by atoms with van der Waals surface area (Å²) in [5, 5.41) is 0. The molecule has 0 aromatic heterocycles. The molecule has 0 atom stereocenters. The van der Waals surface area contributed by atoms with Gasteiger partial charge in [0.1, 0.15) is 5.75 Å². The highest BCUT2D eigenvalue weighted by Gasteiger charge is 2.29. The molecule has 25 heavy (non-hydrogen) atoms. The Bertz CT molecular complexity index is 595. The summed E-state index contributed by atoms with van der Waals surface area (Å²) in [4.78, 5) is 17.3. The number of nitrogens with zero attached hydrogens (tertiary/aromatic N) is 2. The van der Waals surface area contributed by atoms with E-state index in [1.165, 1.54) is 0 Å². The highest BCUT2D eigenvalue weighted by Crippen LogP contribution is 2.35. The number of hydrogen-bond acceptors (Lipinski definition) is 5. The van der Waals surface area contributed by atoms with Crippen molar-refractivity contribution in [3.05, 3.63) is 17.7 Å². The van der Waals surface area contributed by atoms with Gasteiger partial charge >= 0.3 is 0 Å². The molecule has 6 heteroatoms. The van der Waals surface area contributed by atoms with Crippen molar-refractivity contribution in [2.75, 3.05) is 41.5 Å². The van der Waals surface area contributed by atoms with Crippen LogP contribution < -0.4 is 14.2 Å². The number of hydrogen-bond donors (Lipinski definition) is 0. The molecule has 140 valence electrons. The average Bonchev–Trinajstić information content (AvgIpc) is 2.65. The van der Waals surface area contributed by atoms with Crippen molar-refractivity contribution in [3.63, 3.8) is 0 Å². The maximum atomic E-state index is 13.0. The molecule has 1 aliphatic heterocycles. The Balaban J connectivity index is 2.19. The fourth-order valence-electron chi connectivity index (χ4n) is 3.34. The topological polar surface area (TPSA) is 51.2 Å². The normalized spacial score (nSPS) is 16.0. The molecule has 2 rings (SSSR count). The number of piperidine rings is 1. The molecule has 1 saturated heterocycles. The standard InChI is InChI=1S/C19H30N2O4/c1-13(2)21-9-7-14(8-10-21)20(3)19(22)15-11-17(24-5)18(25-6)12-16(15)23-4/h11-14H,7-10H2,1-6H3. The van der Waals surface area contributed by atoms with E-state index in [4.69, 9.17) is 14.2 Å². The van der Waals surface area contributed by atoms with Crippen LogP contribution in [0.3, 0.4) is 0 Å². The zero-order valence-electron chi connectivity index (χ0n) is 16.2. The summed E-state index contributed by atoms with van der Waals surface area (Å²) in [7, 11) is 6.55. The molecule has 0 spiro atoms. The lowest BCUT2D eigenvalue weighted by atomic mass is 10.0. The van der Waals surface area contributed by atoms with Crippen LogP contribution in [0.1, 0.15) is 37.0 Å². The van der Waals surface area contributed by atoms with E-state index in [-0.39, 0.29) is 11.9 Å². The van der Waals surface area contributed by atoms with Gasteiger partial charge in [0.05, 0.1) is 26.9 Å². The van der Waals surface area contributed by atoms with Crippen LogP contribution in [0.5, 0.6) is 17.2 Å². The van der Waals surface area contributed by atoms with Crippen molar-refractivity contribution in [2.45, 2.75) is 38.8 Å². The van der Waals surface area contributed by atoms with Crippen LogP contribution in [0.25, 0.3) is 0 Å². The first-order chi connectivity index (χ1) is 11.9. The Kier molecular flexibility index (Phi) is 6.53. The second-order valence-corrected chi connectivity index (χ2v) is 6.68. The van der Waals surface area contributed by atoms with Gasteiger partial charge in [-0.1, -0.05) is 0 Å². The number of benzene rings is 1. The van der Waals surface area contributed by atoms with E-state index in [2.05, 4.69) is 18.7 Å². The van der Waals surface area contributed by atoms with Crippen molar-refractivity contribution in [1.29, 1.82) is 0 Å². The molecule has 0 aliphatic carbocycles. The Morgan fingerprint density at radius 2 is 1.56 bits per heavy atom. The second-order valence-electron chi connectivity index (χ2n) is 6.68. The van der Waals surface area contributed by atoms with Crippen LogP contribution in [0.2, 0.25) is 0 Å². The third-order valence-corrected chi connectivity index (χ3v) is 5.03. The number of carbonyl (C=O) groups is 1. The Labute approximate surface area is 150 Å². The first kappa shape index (κ1) is 19.4. The fraction of sp³-hybridized carbons (Fsp3) is 0.632. The highest BCUT2D eigenvalue weighted by atomic mass is 16.5. The lowest BCUT2D eigenvalue weighted by molar-refractivity contribution is 0.0612. The molecule has 1 aliphatic rings. The van der Waals surface area contributed by atoms with Crippen LogP contribution in [0.4, 0.5) is 0 Å². The fourth-order valence-corrected chi connectivity index (χ4v) is 3.34. The lowest BCUT2D eigenvalue weighted by Gasteiger charge is -2.38. The average molecular weight is 350 g/mol. The van der Waals surface area contributed by atoms with E-state index in [1.54, 1.807) is 33.5 Å². The number of methoxy groups -OCH3 is 3. The molecule has 1 aromatic carbocycles. The summed E-state index contributed by atoms with van der Waals surface area (Å²) in [6.07, 6.45) is 1.96. The van der Waals surface area contributed by atoms with Crippen LogP contribution in [-0.4, -0.2) is 69.3 Å². The van der Waals surface area contributed by atoms with Gasteiger partial charge in [-0.3, -0.25) is 4.79 Å². The van der Waals surface area contributed by atoms with Gasteiger partial charge in [0, 0.05) is 44.4 Å². The maximum Gasteiger partial charge on any atom is 0.257 e. The Morgan fingerprint density at radius 3 is 2.04 bits per heavy atom. The molecular weight excluding hydrogens is 320 g/mol.